The summed E-state index contributed by atoms with van der Waals surface area (Å²) in [5.41, 5.74) is 7.30. The molecule has 2 aromatic carbocycles. The van der Waals surface area contributed by atoms with Gasteiger partial charge in [-0.15, -0.1) is 11.4 Å². The first-order valence-electron chi connectivity index (χ1n) is 14.7. The van der Waals surface area contributed by atoms with Crippen LogP contribution in [0.4, 0.5) is 22.7 Å². The van der Waals surface area contributed by atoms with Gasteiger partial charge < -0.3 is 10.6 Å². The molecule has 2 aromatic rings. The molecule has 4 nitrogen and oxygen atoms in total. The van der Waals surface area contributed by atoms with Gasteiger partial charge in [-0.05, 0) is 31.9 Å². The predicted octanol–water partition coefficient (Wildman–Crippen LogP) is 12.1. The number of benzene rings is 2. The normalized spacial score (nSPS) is 16.3. The SMILES string of the molecule is CCCCCCCCCCCCCC1=Nc2ccccc2[N-]/C(C)=C\C(C)=Nc2ccccc2[N-]/C(C)=C\1.[Ni+2]. The van der Waals surface area contributed by atoms with E-state index in [-0.39, 0.29) is 16.5 Å². The molecule has 0 unspecified atom stereocenters. The van der Waals surface area contributed by atoms with E-state index in [9.17, 15) is 0 Å². The van der Waals surface area contributed by atoms with Gasteiger partial charge in [0.15, 0.2) is 0 Å². The second kappa shape index (κ2) is 18.6. The Morgan fingerprint density at radius 2 is 1.03 bits per heavy atom. The molecule has 0 bridgehead atoms. The minimum Gasteiger partial charge on any atom is -0.660 e. The molecule has 3 rings (SSSR count). The number of rotatable bonds is 12. The summed E-state index contributed by atoms with van der Waals surface area (Å²) < 4.78 is 0. The van der Waals surface area contributed by atoms with E-state index in [0.717, 1.165) is 58.4 Å². The molecule has 39 heavy (non-hydrogen) atoms. The van der Waals surface area contributed by atoms with Crippen molar-refractivity contribution in [2.24, 2.45) is 9.98 Å². The maximum atomic E-state index is 5.10. The van der Waals surface area contributed by atoms with Gasteiger partial charge in [-0.2, -0.15) is 11.4 Å². The number of fused-ring (bicyclic) bond motifs is 2. The van der Waals surface area contributed by atoms with Gasteiger partial charge >= 0.3 is 16.5 Å². The summed E-state index contributed by atoms with van der Waals surface area (Å²) in [6.07, 6.45) is 19.8. The molecule has 1 aliphatic rings. The summed E-state index contributed by atoms with van der Waals surface area (Å²) in [6.45, 7) is 8.34. The fourth-order valence-electron chi connectivity index (χ4n) is 4.80. The molecule has 0 atom stereocenters. The molecule has 0 saturated heterocycles. The van der Waals surface area contributed by atoms with Crippen molar-refractivity contribution >= 4 is 34.2 Å². The van der Waals surface area contributed by atoms with Gasteiger partial charge in [0.1, 0.15) is 0 Å². The minimum absolute atomic E-state index is 0. The van der Waals surface area contributed by atoms with Gasteiger partial charge in [-0.3, -0.25) is 9.98 Å². The Morgan fingerprint density at radius 3 is 1.59 bits per heavy atom. The fourth-order valence-corrected chi connectivity index (χ4v) is 4.80. The average Bonchev–Trinajstić information content (AvgIpc) is 2.89. The maximum Gasteiger partial charge on any atom is 2.00 e. The Bertz CT molecular complexity index is 1130. The Hall–Kier alpha value is -2.65. The van der Waals surface area contributed by atoms with Crippen LogP contribution in [0.25, 0.3) is 10.6 Å². The average molecular weight is 569 g/mol. The zero-order valence-corrected chi connectivity index (χ0v) is 25.4. The monoisotopic (exact) mass is 568 g/mol. The van der Waals surface area contributed by atoms with Gasteiger partial charge in [0.25, 0.3) is 0 Å². The van der Waals surface area contributed by atoms with Crippen molar-refractivity contribution in [2.75, 3.05) is 0 Å². The van der Waals surface area contributed by atoms with E-state index >= 15 is 0 Å². The second-order valence-corrected chi connectivity index (χ2v) is 10.4. The van der Waals surface area contributed by atoms with Crippen LogP contribution < -0.4 is 0 Å². The third-order valence-electron chi connectivity index (χ3n) is 6.75. The maximum absolute atomic E-state index is 5.10. The first-order valence-corrected chi connectivity index (χ1v) is 14.7. The Balaban J connectivity index is 0.00000533. The van der Waals surface area contributed by atoms with E-state index in [4.69, 9.17) is 20.6 Å². The van der Waals surface area contributed by atoms with Crippen molar-refractivity contribution in [3.05, 3.63) is 82.7 Å². The van der Waals surface area contributed by atoms with Crippen molar-refractivity contribution in [1.82, 2.24) is 0 Å². The summed E-state index contributed by atoms with van der Waals surface area (Å²) >= 11 is 0. The molecule has 212 valence electrons. The van der Waals surface area contributed by atoms with E-state index < -0.39 is 0 Å². The van der Waals surface area contributed by atoms with Gasteiger partial charge in [-0.1, -0.05) is 134 Å². The number of allylic oxidation sites excluding steroid dienone is 4. The first kappa shape index (κ1) is 32.6. The third kappa shape index (κ3) is 12.4. The van der Waals surface area contributed by atoms with Crippen molar-refractivity contribution in [2.45, 2.75) is 105 Å². The molecule has 0 amide bonds. The number of hydrogen-bond donors (Lipinski definition) is 0. The van der Waals surface area contributed by atoms with Gasteiger partial charge in [0.05, 0.1) is 0 Å². The smallest absolute Gasteiger partial charge is 0.660 e. The van der Waals surface area contributed by atoms with Gasteiger partial charge in [0, 0.05) is 22.8 Å². The van der Waals surface area contributed by atoms with Crippen molar-refractivity contribution in [3.8, 4) is 0 Å². The summed E-state index contributed by atoms with van der Waals surface area (Å²) in [6, 6.07) is 16.2. The molecule has 0 radical (unpaired) electrons. The van der Waals surface area contributed by atoms with Crippen LogP contribution in [-0.4, -0.2) is 11.4 Å². The minimum atomic E-state index is 0. The third-order valence-corrected chi connectivity index (χ3v) is 6.75. The van der Waals surface area contributed by atoms with Crippen LogP contribution in [0.2, 0.25) is 0 Å². The summed E-state index contributed by atoms with van der Waals surface area (Å²) in [5.74, 6) is 0. The van der Waals surface area contributed by atoms with E-state index in [0.29, 0.717) is 0 Å². The van der Waals surface area contributed by atoms with Crippen LogP contribution in [0.5, 0.6) is 0 Å². The van der Waals surface area contributed by atoms with E-state index in [1.807, 2.05) is 62.4 Å². The van der Waals surface area contributed by atoms with Crippen molar-refractivity contribution in [3.63, 3.8) is 0 Å². The fraction of sp³-hybridized carbons (Fsp3) is 0.471. The molecular formula is C34H46N4Ni. The molecule has 0 N–H and O–H groups in total. The molecule has 1 aliphatic heterocycles. The largest absolute Gasteiger partial charge is 2.00 e. The van der Waals surface area contributed by atoms with E-state index in [1.54, 1.807) is 0 Å². The van der Waals surface area contributed by atoms with Crippen LogP contribution in [0.1, 0.15) is 105 Å². The second-order valence-electron chi connectivity index (χ2n) is 10.4. The Kier molecular flexibility index (Phi) is 15.5. The quantitative estimate of drug-likeness (QED) is 0.180. The summed E-state index contributed by atoms with van der Waals surface area (Å²) in [5, 5.41) is 9.80. The van der Waals surface area contributed by atoms with Crippen molar-refractivity contribution in [1.29, 1.82) is 0 Å². The van der Waals surface area contributed by atoms with Crippen molar-refractivity contribution < 1.29 is 16.5 Å². The number of nitrogens with zero attached hydrogens (tertiary/aromatic N) is 4. The van der Waals surface area contributed by atoms with Crippen LogP contribution in [0.15, 0.2) is 82.1 Å². The number of aliphatic imine (C=N–C) groups is 2. The summed E-state index contributed by atoms with van der Waals surface area (Å²) in [4.78, 5) is 9.92. The molecule has 1 heterocycles. The molecule has 0 fully saturated rings. The van der Waals surface area contributed by atoms with E-state index in [1.165, 1.54) is 64.2 Å². The van der Waals surface area contributed by atoms with Gasteiger partial charge in [0.2, 0.25) is 0 Å². The van der Waals surface area contributed by atoms with E-state index in [2.05, 4.69) is 26.0 Å². The molecule has 0 saturated carbocycles. The van der Waals surface area contributed by atoms with Crippen LogP contribution in [-0.2, 0) is 16.5 Å². The Labute approximate surface area is 247 Å². The molecule has 0 aliphatic carbocycles. The molecule has 0 spiro atoms. The summed E-state index contributed by atoms with van der Waals surface area (Å²) in [7, 11) is 0. The number of hydrogen-bond acceptors (Lipinski definition) is 2. The predicted molar refractivity (Wildman–Crippen MR) is 167 cm³/mol. The zero-order chi connectivity index (χ0) is 27.0. The molecule has 0 aromatic heterocycles. The molecule has 5 heteroatoms. The number of unbranched alkanes of at least 4 members (excludes halogenated alkanes) is 10. The zero-order valence-electron chi connectivity index (χ0n) is 24.4. The number of para-hydroxylation sites is 4. The first-order chi connectivity index (χ1) is 18.5. The Morgan fingerprint density at radius 1 is 0.564 bits per heavy atom. The topological polar surface area (TPSA) is 52.9 Å². The van der Waals surface area contributed by atoms with Crippen LogP contribution >= 0.6 is 0 Å². The molecular weight excluding hydrogens is 523 g/mol. The van der Waals surface area contributed by atoms with Crippen LogP contribution in [0, 0.1) is 0 Å². The standard InChI is InChI=1S/C34H46N4.Ni/c1-5-6-7-8-9-10-11-12-13-14-15-20-30-26-29(4)37-32-22-17-16-21-31(32)35-27(2)25-28(3)36-33-23-18-19-24-34(33)38-30;/h16-19,21-26H,5-15,20H2,1-4H3;/q-2;+2/b28-25-,29-26-,35-27?,38-30?;. The van der Waals surface area contributed by atoms with Gasteiger partial charge in [-0.25, -0.2) is 0 Å². The van der Waals surface area contributed by atoms with Crippen LogP contribution in [0.3, 0.4) is 0 Å².